The minimum atomic E-state index is -0.216. The maximum atomic E-state index is 12.4. The molecule has 2 amide bonds. The predicted molar refractivity (Wildman–Crippen MR) is 96.5 cm³/mol. The van der Waals surface area contributed by atoms with Crippen LogP contribution in [0.5, 0.6) is 17.4 Å². The zero-order valence-corrected chi connectivity index (χ0v) is 15.4. The maximum absolute atomic E-state index is 12.4. The first kappa shape index (κ1) is 17.3. The number of halogens is 1. The second-order valence-corrected chi connectivity index (χ2v) is 6.26. The number of para-hydroxylation sites is 1. The predicted octanol–water partition coefficient (Wildman–Crippen LogP) is 3.16. The van der Waals surface area contributed by atoms with Gasteiger partial charge in [-0.2, -0.15) is 0 Å². The Bertz CT molecular complexity index is 765. The van der Waals surface area contributed by atoms with Crippen LogP contribution in [0.4, 0.5) is 10.5 Å². The lowest BCUT2D eigenvalue weighted by Crippen LogP contribution is -2.57. The number of aromatic nitrogens is 1. The number of carbonyl (C=O) groups is 1. The molecule has 0 unspecified atom stereocenters. The number of pyridine rings is 1. The van der Waals surface area contributed by atoms with Crippen LogP contribution in [0.3, 0.4) is 0 Å². The first-order chi connectivity index (χ1) is 12.1. The summed E-state index contributed by atoms with van der Waals surface area (Å²) in [5, 5.41) is 2.84. The molecule has 2 heterocycles. The summed E-state index contributed by atoms with van der Waals surface area (Å²) < 4.78 is 17.1. The van der Waals surface area contributed by atoms with Crippen molar-refractivity contribution < 1.29 is 19.0 Å². The molecule has 2 aromatic rings. The van der Waals surface area contributed by atoms with Crippen LogP contribution in [-0.4, -0.2) is 49.3 Å². The number of rotatable bonds is 5. The molecule has 1 N–H and O–H groups in total. The number of hydrogen-bond donors (Lipinski definition) is 1. The molecule has 1 aromatic carbocycles. The Hall–Kier alpha value is -2.48. The summed E-state index contributed by atoms with van der Waals surface area (Å²) in [6.07, 6.45) is 1.59. The van der Waals surface area contributed by atoms with Crippen molar-refractivity contribution in [3.8, 4) is 17.4 Å². The third kappa shape index (κ3) is 3.79. The smallest absolute Gasteiger partial charge is 0.322 e. The van der Waals surface area contributed by atoms with Crippen molar-refractivity contribution in [3.05, 3.63) is 41.0 Å². The van der Waals surface area contributed by atoms with Gasteiger partial charge < -0.3 is 24.4 Å². The average Bonchev–Trinajstić information content (AvgIpc) is 2.58. The van der Waals surface area contributed by atoms with E-state index in [2.05, 4.69) is 26.2 Å². The topological polar surface area (TPSA) is 72.9 Å². The summed E-state index contributed by atoms with van der Waals surface area (Å²) in [7, 11) is 3.09. The molecule has 0 atom stereocenters. The number of nitrogens with zero attached hydrogens (tertiary/aromatic N) is 2. The molecule has 0 saturated carbocycles. The minimum Gasteiger partial charge on any atom is -0.493 e. The minimum absolute atomic E-state index is 0.0795. The van der Waals surface area contributed by atoms with Gasteiger partial charge in [0, 0.05) is 6.20 Å². The Balaban J connectivity index is 1.57. The van der Waals surface area contributed by atoms with E-state index in [-0.39, 0.29) is 12.1 Å². The first-order valence-corrected chi connectivity index (χ1v) is 8.45. The molecule has 25 heavy (non-hydrogen) atoms. The van der Waals surface area contributed by atoms with Gasteiger partial charge in [-0.05, 0) is 40.2 Å². The Labute approximate surface area is 154 Å². The van der Waals surface area contributed by atoms with Crippen molar-refractivity contribution >= 4 is 27.6 Å². The van der Waals surface area contributed by atoms with Crippen molar-refractivity contribution in [1.82, 2.24) is 9.88 Å². The summed E-state index contributed by atoms with van der Waals surface area (Å²) >= 11 is 3.39. The molecule has 7 nitrogen and oxygen atoms in total. The molecule has 3 rings (SSSR count). The molecule has 0 spiro atoms. The van der Waals surface area contributed by atoms with Gasteiger partial charge in [-0.15, -0.1) is 0 Å². The van der Waals surface area contributed by atoms with Gasteiger partial charge >= 0.3 is 6.03 Å². The van der Waals surface area contributed by atoms with E-state index < -0.39 is 0 Å². The van der Waals surface area contributed by atoms with E-state index in [1.54, 1.807) is 36.4 Å². The number of amides is 2. The van der Waals surface area contributed by atoms with Gasteiger partial charge in [0.05, 0.1) is 37.5 Å². The van der Waals surface area contributed by atoms with Crippen LogP contribution in [0, 0.1) is 0 Å². The third-order valence-corrected chi connectivity index (χ3v) is 4.39. The van der Waals surface area contributed by atoms with Crippen LogP contribution in [-0.2, 0) is 0 Å². The third-order valence-electron chi connectivity index (χ3n) is 3.78. The fourth-order valence-electron chi connectivity index (χ4n) is 2.47. The van der Waals surface area contributed by atoms with Gasteiger partial charge in [-0.3, -0.25) is 0 Å². The lowest BCUT2D eigenvalue weighted by Gasteiger charge is -2.38. The van der Waals surface area contributed by atoms with E-state index in [1.165, 1.54) is 7.11 Å². The highest BCUT2D eigenvalue weighted by atomic mass is 79.9. The normalized spacial score (nSPS) is 13.8. The van der Waals surface area contributed by atoms with E-state index in [4.69, 9.17) is 14.2 Å². The molecule has 0 radical (unpaired) electrons. The fraction of sp³-hybridized carbons (Fsp3) is 0.294. The van der Waals surface area contributed by atoms with E-state index in [0.29, 0.717) is 36.2 Å². The van der Waals surface area contributed by atoms with Crippen LogP contribution < -0.4 is 19.5 Å². The highest BCUT2D eigenvalue weighted by molar-refractivity contribution is 9.10. The molecule has 8 heteroatoms. The van der Waals surface area contributed by atoms with E-state index in [1.807, 2.05) is 12.1 Å². The molecule has 1 aromatic heterocycles. The average molecular weight is 408 g/mol. The van der Waals surface area contributed by atoms with Crippen molar-refractivity contribution in [2.75, 3.05) is 32.6 Å². The van der Waals surface area contributed by atoms with Gasteiger partial charge in [-0.1, -0.05) is 6.07 Å². The van der Waals surface area contributed by atoms with Crippen LogP contribution in [0.15, 0.2) is 41.0 Å². The molecule has 1 aliphatic rings. The number of likely N-dealkylation sites (tertiary alicyclic amines) is 1. The van der Waals surface area contributed by atoms with E-state index in [0.717, 1.165) is 4.47 Å². The molecule has 132 valence electrons. The second-order valence-electron chi connectivity index (χ2n) is 5.41. The molecular formula is C17H18BrN3O4. The number of urea groups is 1. The lowest BCUT2D eigenvalue weighted by atomic mass is 10.2. The molecular weight excluding hydrogens is 390 g/mol. The number of anilines is 1. The van der Waals surface area contributed by atoms with Crippen LogP contribution in [0.1, 0.15) is 0 Å². The molecule has 0 aliphatic carbocycles. The van der Waals surface area contributed by atoms with Crippen LogP contribution in [0.25, 0.3) is 0 Å². The van der Waals surface area contributed by atoms with Gasteiger partial charge in [-0.25, -0.2) is 9.78 Å². The number of methoxy groups -OCH3 is 2. The number of carbonyl (C=O) groups excluding carboxylic acids is 1. The second kappa shape index (κ2) is 7.60. The summed E-state index contributed by atoms with van der Waals surface area (Å²) in [5.41, 5.74) is 0.559. The Morgan fingerprint density at radius 2 is 2.04 bits per heavy atom. The first-order valence-electron chi connectivity index (χ1n) is 7.66. The largest absolute Gasteiger partial charge is 0.493 e. The zero-order valence-electron chi connectivity index (χ0n) is 13.9. The van der Waals surface area contributed by atoms with Gasteiger partial charge in [0.25, 0.3) is 0 Å². The molecule has 1 saturated heterocycles. The van der Waals surface area contributed by atoms with E-state index in [9.17, 15) is 4.79 Å². The summed E-state index contributed by atoms with van der Waals surface area (Å²) in [6.45, 7) is 0.974. The van der Waals surface area contributed by atoms with E-state index >= 15 is 0 Å². The van der Waals surface area contributed by atoms with Gasteiger partial charge in [0.1, 0.15) is 6.10 Å². The standard InChI is InChI=1S/C17H18BrN3O4/c1-23-14-7-3-6-13(15(14)24-2)20-17(22)21-9-11(10-21)25-16-12(18)5-4-8-19-16/h3-8,11H,9-10H2,1-2H3,(H,20,22). The zero-order chi connectivity index (χ0) is 17.8. The van der Waals surface area contributed by atoms with Crippen molar-refractivity contribution in [2.24, 2.45) is 0 Å². The van der Waals surface area contributed by atoms with Crippen molar-refractivity contribution in [2.45, 2.75) is 6.10 Å². The van der Waals surface area contributed by atoms with Gasteiger partial charge in [0.15, 0.2) is 11.5 Å². The highest BCUT2D eigenvalue weighted by Crippen LogP contribution is 2.35. The monoisotopic (exact) mass is 407 g/mol. The van der Waals surface area contributed by atoms with Crippen molar-refractivity contribution in [1.29, 1.82) is 0 Å². The fourth-order valence-corrected chi connectivity index (χ4v) is 2.82. The van der Waals surface area contributed by atoms with Crippen LogP contribution in [0.2, 0.25) is 0 Å². The number of benzene rings is 1. The maximum Gasteiger partial charge on any atom is 0.322 e. The number of ether oxygens (including phenoxy) is 3. The van der Waals surface area contributed by atoms with Crippen molar-refractivity contribution in [3.63, 3.8) is 0 Å². The Kier molecular flexibility index (Phi) is 5.28. The molecule has 0 bridgehead atoms. The molecule has 1 fully saturated rings. The SMILES string of the molecule is COc1cccc(NC(=O)N2CC(Oc3ncccc3Br)C2)c1OC. The summed E-state index contributed by atoms with van der Waals surface area (Å²) in [6, 6.07) is 8.79. The summed E-state index contributed by atoms with van der Waals surface area (Å²) in [5.74, 6) is 1.58. The van der Waals surface area contributed by atoms with Crippen LogP contribution >= 0.6 is 15.9 Å². The van der Waals surface area contributed by atoms with Gasteiger partial charge in [0.2, 0.25) is 5.88 Å². The Morgan fingerprint density at radius 1 is 1.24 bits per heavy atom. The number of hydrogen-bond acceptors (Lipinski definition) is 5. The summed E-state index contributed by atoms with van der Waals surface area (Å²) in [4.78, 5) is 18.2. The number of nitrogens with one attached hydrogen (secondary N) is 1. The quantitative estimate of drug-likeness (QED) is 0.823. The molecule has 1 aliphatic heterocycles. The lowest BCUT2D eigenvalue weighted by molar-refractivity contribution is 0.0455. The Morgan fingerprint density at radius 3 is 2.72 bits per heavy atom. The highest BCUT2D eigenvalue weighted by Gasteiger charge is 2.33.